The third-order valence-electron chi connectivity index (χ3n) is 5.76. The van der Waals surface area contributed by atoms with E-state index in [1.54, 1.807) is 16.4 Å². The number of carbonyl (C=O) groups is 1. The fourth-order valence-electron chi connectivity index (χ4n) is 3.84. The summed E-state index contributed by atoms with van der Waals surface area (Å²) in [5, 5.41) is 0. The molecule has 0 unspecified atom stereocenters. The highest BCUT2D eigenvalue weighted by atomic mass is 32.2. The number of piperazine rings is 1. The molecule has 0 aliphatic carbocycles. The highest BCUT2D eigenvalue weighted by Crippen LogP contribution is 2.25. The fourth-order valence-corrected chi connectivity index (χ4v) is 5.26. The van der Waals surface area contributed by atoms with Crippen LogP contribution in [-0.2, 0) is 20.2 Å². The van der Waals surface area contributed by atoms with Gasteiger partial charge in [-0.3, -0.25) is 9.69 Å². The number of amides is 1. The van der Waals surface area contributed by atoms with Crippen LogP contribution in [0.25, 0.3) is 0 Å². The second-order valence-electron chi connectivity index (χ2n) is 8.90. The first-order chi connectivity index (χ1) is 13.2. The summed E-state index contributed by atoms with van der Waals surface area (Å²) in [4.78, 5) is 16.8. The molecule has 1 amide bonds. The molecule has 1 aromatic carbocycles. The first kappa shape index (κ1) is 21.3. The number of carbonyl (C=O) groups excluding carboxylic acids is 1. The van der Waals surface area contributed by atoms with Crippen molar-refractivity contribution in [1.29, 1.82) is 0 Å². The number of nitrogens with zero attached hydrogens (tertiary/aromatic N) is 3. The second kappa shape index (κ2) is 8.51. The Labute approximate surface area is 169 Å². The van der Waals surface area contributed by atoms with Crippen LogP contribution in [0.4, 0.5) is 0 Å². The summed E-state index contributed by atoms with van der Waals surface area (Å²) >= 11 is 0. The normalized spacial score (nSPS) is 20.3. The van der Waals surface area contributed by atoms with E-state index in [2.05, 4.69) is 25.7 Å². The van der Waals surface area contributed by atoms with Gasteiger partial charge in [0.05, 0.1) is 11.4 Å². The molecule has 6 nitrogen and oxygen atoms in total. The fraction of sp³-hybridized carbons (Fsp3) is 0.667. The molecule has 2 heterocycles. The quantitative estimate of drug-likeness (QED) is 0.768. The van der Waals surface area contributed by atoms with Crippen LogP contribution in [0.3, 0.4) is 0 Å². The van der Waals surface area contributed by atoms with Gasteiger partial charge in [0.25, 0.3) is 0 Å². The van der Waals surface area contributed by atoms with E-state index in [-0.39, 0.29) is 11.3 Å². The monoisotopic (exact) mass is 407 g/mol. The smallest absolute Gasteiger partial charge is 0.243 e. The van der Waals surface area contributed by atoms with E-state index >= 15 is 0 Å². The van der Waals surface area contributed by atoms with Crippen molar-refractivity contribution in [2.45, 2.75) is 50.3 Å². The zero-order valence-corrected chi connectivity index (χ0v) is 18.2. The lowest BCUT2D eigenvalue weighted by Crippen LogP contribution is -2.51. The van der Waals surface area contributed by atoms with Crippen LogP contribution < -0.4 is 0 Å². The van der Waals surface area contributed by atoms with E-state index in [9.17, 15) is 13.2 Å². The van der Waals surface area contributed by atoms with Crippen LogP contribution >= 0.6 is 0 Å². The maximum atomic E-state index is 13.0. The molecule has 0 bridgehead atoms. The number of sulfonamides is 1. The van der Waals surface area contributed by atoms with Crippen molar-refractivity contribution in [3.63, 3.8) is 0 Å². The molecule has 3 rings (SSSR count). The molecule has 0 spiro atoms. The average Bonchev–Trinajstić information content (AvgIpc) is 2.68. The largest absolute Gasteiger partial charge is 0.342 e. The molecule has 2 aliphatic heterocycles. The highest BCUT2D eigenvalue weighted by molar-refractivity contribution is 7.89. The maximum absolute atomic E-state index is 13.0. The van der Waals surface area contributed by atoms with Crippen LogP contribution in [0.2, 0.25) is 0 Å². The molecule has 0 radical (unpaired) electrons. The van der Waals surface area contributed by atoms with Gasteiger partial charge in [-0.1, -0.05) is 32.9 Å². The SMILES string of the molecule is CC(C)(C)c1ccc(S(=O)(=O)N2CCN(CC(=O)N3CCCCC3)CC2)cc1. The molecule has 1 aromatic rings. The topological polar surface area (TPSA) is 60.9 Å². The van der Waals surface area contributed by atoms with Crippen molar-refractivity contribution in [3.05, 3.63) is 29.8 Å². The zero-order chi connectivity index (χ0) is 20.4. The van der Waals surface area contributed by atoms with Gasteiger partial charge in [-0.2, -0.15) is 4.31 Å². The summed E-state index contributed by atoms with van der Waals surface area (Å²) in [6, 6.07) is 7.23. The first-order valence-corrected chi connectivity index (χ1v) is 11.7. The molecule has 0 saturated carbocycles. The standard InChI is InChI=1S/C21H33N3O3S/c1-21(2,3)18-7-9-19(10-8-18)28(26,27)24-15-13-22(14-16-24)17-20(25)23-11-5-4-6-12-23/h7-10H,4-6,11-17H2,1-3H3. The molecule has 0 atom stereocenters. The van der Waals surface area contributed by atoms with E-state index in [0.29, 0.717) is 37.6 Å². The van der Waals surface area contributed by atoms with E-state index < -0.39 is 10.0 Å². The summed E-state index contributed by atoms with van der Waals surface area (Å²) in [5.74, 6) is 0.175. The lowest BCUT2D eigenvalue weighted by molar-refractivity contribution is -0.133. The molecule has 2 aliphatic rings. The van der Waals surface area contributed by atoms with E-state index in [1.807, 2.05) is 17.0 Å². The zero-order valence-electron chi connectivity index (χ0n) is 17.4. The Bertz CT molecular complexity index is 770. The van der Waals surface area contributed by atoms with Crippen LogP contribution in [0, 0.1) is 0 Å². The Morgan fingerprint density at radius 3 is 2.00 bits per heavy atom. The van der Waals surface area contributed by atoms with Crippen molar-refractivity contribution in [3.8, 4) is 0 Å². The average molecular weight is 408 g/mol. The minimum absolute atomic E-state index is 0.00515. The summed E-state index contributed by atoms with van der Waals surface area (Å²) in [6.45, 7) is 10.5. The van der Waals surface area contributed by atoms with Crippen LogP contribution in [0.5, 0.6) is 0 Å². The lowest BCUT2D eigenvalue weighted by atomic mass is 9.87. The molecule has 2 fully saturated rings. The Kier molecular flexibility index (Phi) is 6.47. The third-order valence-corrected chi connectivity index (χ3v) is 7.67. The maximum Gasteiger partial charge on any atom is 0.243 e. The Balaban J connectivity index is 1.56. The van der Waals surface area contributed by atoms with Crippen LogP contribution in [0.15, 0.2) is 29.2 Å². The van der Waals surface area contributed by atoms with Crippen molar-refractivity contribution in [2.24, 2.45) is 0 Å². The van der Waals surface area contributed by atoms with Gasteiger partial charge in [-0.25, -0.2) is 8.42 Å². The Morgan fingerprint density at radius 1 is 0.893 bits per heavy atom. The number of piperidine rings is 1. The van der Waals surface area contributed by atoms with Crippen molar-refractivity contribution in [2.75, 3.05) is 45.8 Å². The summed E-state index contributed by atoms with van der Waals surface area (Å²) in [6.07, 6.45) is 3.38. The number of hydrogen-bond donors (Lipinski definition) is 0. The summed E-state index contributed by atoms with van der Waals surface area (Å²) in [7, 11) is -3.49. The molecule has 0 N–H and O–H groups in total. The molecule has 2 saturated heterocycles. The molecule has 0 aromatic heterocycles. The number of likely N-dealkylation sites (tertiary alicyclic amines) is 1. The van der Waals surface area contributed by atoms with E-state index in [4.69, 9.17) is 0 Å². The van der Waals surface area contributed by atoms with E-state index in [1.165, 1.54) is 6.42 Å². The van der Waals surface area contributed by atoms with Crippen molar-refractivity contribution < 1.29 is 13.2 Å². The van der Waals surface area contributed by atoms with Crippen molar-refractivity contribution in [1.82, 2.24) is 14.1 Å². The van der Waals surface area contributed by atoms with Crippen LogP contribution in [0.1, 0.15) is 45.6 Å². The minimum atomic E-state index is -3.49. The third kappa shape index (κ3) is 4.93. The molecule has 7 heteroatoms. The number of benzene rings is 1. The van der Waals surface area contributed by atoms with E-state index in [0.717, 1.165) is 31.5 Å². The van der Waals surface area contributed by atoms with Gasteiger partial charge in [-0.15, -0.1) is 0 Å². The van der Waals surface area contributed by atoms with Gasteiger partial charge in [0.15, 0.2) is 0 Å². The predicted molar refractivity (Wildman–Crippen MR) is 111 cm³/mol. The van der Waals surface area contributed by atoms with Gasteiger partial charge in [0.2, 0.25) is 15.9 Å². The van der Waals surface area contributed by atoms with Gasteiger partial charge in [0, 0.05) is 39.3 Å². The molecular weight excluding hydrogens is 374 g/mol. The Hall–Kier alpha value is -1.44. The minimum Gasteiger partial charge on any atom is -0.342 e. The number of hydrogen-bond acceptors (Lipinski definition) is 4. The van der Waals surface area contributed by atoms with Gasteiger partial charge in [-0.05, 0) is 42.4 Å². The predicted octanol–water partition coefficient (Wildman–Crippen LogP) is 2.30. The molecular formula is C21H33N3O3S. The summed E-state index contributed by atoms with van der Waals surface area (Å²) in [5.41, 5.74) is 1.11. The lowest BCUT2D eigenvalue weighted by Gasteiger charge is -2.35. The molecule has 156 valence electrons. The second-order valence-corrected chi connectivity index (χ2v) is 10.8. The Morgan fingerprint density at radius 2 is 1.46 bits per heavy atom. The summed E-state index contributed by atoms with van der Waals surface area (Å²) < 4.78 is 27.5. The van der Waals surface area contributed by atoms with Crippen LogP contribution in [-0.4, -0.2) is 74.2 Å². The first-order valence-electron chi connectivity index (χ1n) is 10.3. The van der Waals surface area contributed by atoms with Gasteiger partial charge >= 0.3 is 0 Å². The highest BCUT2D eigenvalue weighted by Gasteiger charge is 2.30. The number of rotatable bonds is 4. The van der Waals surface area contributed by atoms with Gasteiger partial charge < -0.3 is 4.90 Å². The van der Waals surface area contributed by atoms with Gasteiger partial charge in [0.1, 0.15) is 0 Å². The van der Waals surface area contributed by atoms with Crippen molar-refractivity contribution >= 4 is 15.9 Å². The molecule has 28 heavy (non-hydrogen) atoms.